The highest BCUT2D eigenvalue weighted by molar-refractivity contribution is 5.73. The molecule has 0 aromatic rings. The fraction of sp³-hybridized carbons (Fsp3) is 0.714. The number of ether oxygens (including phenoxy) is 3. The highest BCUT2D eigenvalue weighted by Gasteiger charge is 2.42. The van der Waals surface area contributed by atoms with Crippen molar-refractivity contribution in [1.82, 2.24) is 0 Å². The predicted molar refractivity (Wildman–Crippen MR) is 76.3 cm³/mol. The van der Waals surface area contributed by atoms with E-state index in [0.717, 1.165) is 0 Å². The monoisotopic (exact) mass is 331 g/mol. The summed E-state index contributed by atoms with van der Waals surface area (Å²) >= 11 is 0. The number of hydrogen-bond donors (Lipinski definition) is 0. The van der Waals surface area contributed by atoms with Crippen molar-refractivity contribution in [3.05, 3.63) is 0 Å². The van der Waals surface area contributed by atoms with Crippen LogP contribution in [0.2, 0.25) is 0 Å². The van der Waals surface area contributed by atoms with Crippen molar-refractivity contribution in [2.75, 3.05) is 6.61 Å². The second-order valence-electron chi connectivity index (χ2n) is 5.06. The number of hydrogen-bond acceptors (Lipinski definition) is 9. The lowest BCUT2D eigenvalue weighted by atomic mass is 10.0. The van der Waals surface area contributed by atoms with Crippen LogP contribution in [-0.2, 0) is 38.4 Å². The first-order valence-corrected chi connectivity index (χ1v) is 7.06. The van der Waals surface area contributed by atoms with Crippen LogP contribution < -0.4 is 0 Å². The van der Waals surface area contributed by atoms with E-state index in [2.05, 4.69) is 4.99 Å². The smallest absolute Gasteiger partial charge is 0.303 e. The summed E-state index contributed by atoms with van der Waals surface area (Å²) in [6.07, 6.45) is -2.96. The number of esters is 3. The van der Waals surface area contributed by atoms with Gasteiger partial charge in [0.05, 0.1) is 6.04 Å². The lowest BCUT2D eigenvalue weighted by Crippen LogP contribution is -2.52. The topological polar surface area (TPSA) is 110 Å². The summed E-state index contributed by atoms with van der Waals surface area (Å²) in [6.45, 7) is 6.63. The summed E-state index contributed by atoms with van der Waals surface area (Å²) in [7, 11) is 0. The number of aliphatic imine (C=N–C) groups is 1. The third-order valence-corrected chi connectivity index (χ3v) is 2.90. The Balaban J connectivity index is 3.12. The molecule has 1 rings (SSSR count). The minimum absolute atomic E-state index is 0.198. The Kier molecular flexibility index (Phi) is 6.95. The highest BCUT2D eigenvalue weighted by Crippen LogP contribution is 2.21. The highest BCUT2D eigenvalue weighted by atomic mass is 17.2. The Labute approximate surface area is 133 Å². The van der Waals surface area contributed by atoms with Crippen LogP contribution in [0.4, 0.5) is 0 Å². The first kappa shape index (κ1) is 18.9. The molecule has 0 radical (unpaired) electrons. The van der Waals surface area contributed by atoms with Gasteiger partial charge in [-0.3, -0.25) is 14.4 Å². The molecule has 0 aromatic heterocycles. The number of rotatable bonds is 4. The van der Waals surface area contributed by atoms with E-state index in [0.29, 0.717) is 0 Å². The summed E-state index contributed by atoms with van der Waals surface area (Å²) in [5.41, 5.74) is 0. The first-order valence-electron chi connectivity index (χ1n) is 7.06. The minimum atomic E-state index is -1.05. The standard InChI is InChI=1S/C14H21NO8/c1-7-13(20-10(4)17)14(21-11(5)18)12(6-19-9(3)16)23-22-8(2)15-7/h7,12-14H,6H2,1-5H3/t7-,12?,13?,14-/m1/s1. The van der Waals surface area contributed by atoms with E-state index in [1.807, 2.05) is 0 Å². The molecule has 0 amide bonds. The molecule has 0 N–H and O–H groups in total. The number of carbonyl (C=O) groups is 3. The van der Waals surface area contributed by atoms with Crippen molar-refractivity contribution >= 4 is 23.8 Å². The third-order valence-electron chi connectivity index (χ3n) is 2.90. The lowest BCUT2D eigenvalue weighted by molar-refractivity contribution is -0.300. The van der Waals surface area contributed by atoms with Crippen molar-refractivity contribution in [2.45, 2.75) is 59.0 Å². The van der Waals surface area contributed by atoms with Gasteiger partial charge in [-0.05, 0) is 6.92 Å². The summed E-state index contributed by atoms with van der Waals surface area (Å²) in [6, 6.07) is -0.563. The summed E-state index contributed by atoms with van der Waals surface area (Å²) in [5.74, 6) is -1.53. The zero-order valence-corrected chi connectivity index (χ0v) is 13.7. The van der Waals surface area contributed by atoms with Gasteiger partial charge in [0, 0.05) is 27.7 Å². The Hall–Kier alpha value is -2.16. The normalized spacial score (nSPS) is 27.6. The van der Waals surface area contributed by atoms with E-state index in [1.165, 1.54) is 20.8 Å². The number of nitrogens with zero attached hydrogens (tertiary/aromatic N) is 1. The fourth-order valence-electron chi connectivity index (χ4n) is 2.07. The molecular formula is C14H21NO8. The number of carbonyl (C=O) groups excluding carboxylic acids is 3. The maximum atomic E-state index is 11.4. The molecule has 130 valence electrons. The molecule has 1 aliphatic heterocycles. The molecule has 23 heavy (non-hydrogen) atoms. The second kappa shape index (κ2) is 8.47. The zero-order valence-electron chi connectivity index (χ0n) is 13.7. The van der Waals surface area contributed by atoms with Crippen LogP contribution in [0.1, 0.15) is 34.6 Å². The lowest BCUT2D eigenvalue weighted by Gasteiger charge is -2.34. The van der Waals surface area contributed by atoms with Crippen LogP contribution in [-0.4, -0.2) is 54.8 Å². The molecule has 0 spiro atoms. The van der Waals surface area contributed by atoms with E-state index >= 15 is 0 Å². The van der Waals surface area contributed by atoms with Gasteiger partial charge >= 0.3 is 17.9 Å². The average molecular weight is 331 g/mol. The molecule has 0 aromatic carbocycles. The van der Waals surface area contributed by atoms with E-state index in [1.54, 1.807) is 13.8 Å². The molecule has 0 saturated carbocycles. The first-order chi connectivity index (χ1) is 10.7. The van der Waals surface area contributed by atoms with E-state index in [9.17, 15) is 14.4 Å². The summed E-state index contributed by atoms with van der Waals surface area (Å²) in [5, 5.41) is 0. The molecule has 0 bridgehead atoms. The van der Waals surface area contributed by atoms with Gasteiger partial charge in [0.25, 0.3) is 0 Å². The van der Waals surface area contributed by atoms with Crippen LogP contribution in [0, 0.1) is 0 Å². The van der Waals surface area contributed by atoms with Crippen molar-refractivity contribution in [2.24, 2.45) is 4.99 Å². The van der Waals surface area contributed by atoms with Crippen molar-refractivity contribution in [3.63, 3.8) is 0 Å². The van der Waals surface area contributed by atoms with Gasteiger partial charge in [0.1, 0.15) is 6.61 Å². The predicted octanol–water partition coefficient (Wildman–Crippen LogP) is 0.550. The van der Waals surface area contributed by atoms with Crippen molar-refractivity contribution < 1.29 is 38.4 Å². The zero-order chi connectivity index (χ0) is 17.6. The van der Waals surface area contributed by atoms with Crippen LogP contribution in [0.3, 0.4) is 0 Å². The second-order valence-corrected chi connectivity index (χ2v) is 5.06. The minimum Gasteiger partial charge on any atom is -0.463 e. The average Bonchev–Trinajstić information content (AvgIpc) is 2.41. The maximum absolute atomic E-state index is 11.4. The van der Waals surface area contributed by atoms with Crippen molar-refractivity contribution in [3.8, 4) is 0 Å². The van der Waals surface area contributed by atoms with E-state index in [-0.39, 0.29) is 12.5 Å². The Morgan fingerprint density at radius 2 is 1.61 bits per heavy atom. The summed E-state index contributed by atoms with van der Waals surface area (Å²) < 4.78 is 15.3. The molecule has 0 saturated heterocycles. The van der Waals surface area contributed by atoms with Gasteiger partial charge in [-0.15, -0.1) is 0 Å². The molecular weight excluding hydrogens is 310 g/mol. The molecule has 0 fully saturated rings. The van der Waals surface area contributed by atoms with Crippen LogP contribution >= 0.6 is 0 Å². The van der Waals surface area contributed by atoms with Gasteiger partial charge in [-0.2, -0.15) is 4.89 Å². The molecule has 2 unspecified atom stereocenters. The Morgan fingerprint density at radius 3 is 2.13 bits per heavy atom. The SMILES string of the molecule is CC(=O)OCC1OOC(C)=N[C@H](C)C(OC(C)=O)[C@@H]1OC(C)=O. The Morgan fingerprint density at radius 1 is 1.04 bits per heavy atom. The van der Waals surface area contributed by atoms with Crippen LogP contribution in [0.25, 0.3) is 0 Å². The molecule has 1 heterocycles. The molecule has 9 nitrogen and oxygen atoms in total. The summed E-state index contributed by atoms with van der Waals surface area (Å²) in [4.78, 5) is 48.1. The molecule has 4 atom stereocenters. The molecule has 1 aliphatic rings. The third kappa shape index (κ3) is 6.23. The molecule has 9 heteroatoms. The van der Waals surface area contributed by atoms with Gasteiger partial charge < -0.3 is 19.1 Å². The van der Waals surface area contributed by atoms with E-state index in [4.69, 9.17) is 24.0 Å². The van der Waals surface area contributed by atoms with Gasteiger partial charge in [-0.25, -0.2) is 4.99 Å². The van der Waals surface area contributed by atoms with E-state index < -0.39 is 42.3 Å². The molecule has 0 aliphatic carbocycles. The Bertz CT molecular complexity index is 489. The van der Waals surface area contributed by atoms with Gasteiger partial charge in [0.15, 0.2) is 18.3 Å². The van der Waals surface area contributed by atoms with Gasteiger partial charge in [0.2, 0.25) is 5.90 Å². The van der Waals surface area contributed by atoms with Crippen LogP contribution in [0.15, 0.2) is 4.99 Å². The van der Waals surface area contributed by atoms with Crippen LogP contribution in [0.5, 0.6) is 0 Å². The quantitative estimate of drug-likeness (QED) is 0.417. The van der Waals surface area contributed by atoms with Gasteiger partial charge in [-0.1, -0.05) is 0 Å². The largest absolute Gasteiger partial charge is 0.463 e. The fourth-order valence-corrected chi connectivity index (χ4v) is 2.07. The van der Waals surface area contributed by atoms with Crippen molar-refractivity contribution in [1.29, 1.82) is 0 Å². The maximum Gasteiger partial charge on any atom is 0.303 e.